The lowest BCUT2D eigenvalue weighted by atomic mass is 10.2. The van der Waals surface area contributed by atoms with Crippen molar-refractivity contribution >= 4 is 5.97 Å². The lowest BCUT2D eigenvalue weighted by molar-refractivity contribution is -0.272. The molecule has 0 rings (SSSR count). The number of hydrogen-bond donors (Lipinski definition) is 0. The molecule has 0 aliphatic carbocycles. The summed E-state index contributed by atoms with van der Waals surface area (Å²) >= 11 is 0. The van der Waals surface area contributed by atoms with Gasteiger partial charge in [0, 0.05) is 6.42 Å². The Morgan fingerprint density at radius 1 is 1.08 bits per heavy atom. The summed E-state index contributed by atoms with van der Waals surface area (Å²) < 4.78 is 0. The Morgan fingerprint density at radius 3 is 2.46 bits per heavy atom. The van der Waals surface area contributed by atoms with Gasteiger partial charge in [-0.25, -0.2) is 4.79 Å². The lowest BCUT2D eigenvalue weighted by Gasteiger charge is -2.01. The van der Waals surface area contributed by atoms with Crippen molar-refractivity contribution in [1.29, 1.82) is 0 Å². The molecular formula is C10H20O3. The molecule has 3 nitrogen and oxygen atoms in total. The fourth-order valence-electron chi connectivity index (χ4n) is 0.929. The second-order valence-electron chi connectivity index (χ2n) is 3.09. The molecule has 0 saturated heterocycles. The van der Waals surface area contributed by atoms with E-state index in [-0.39, 0.29) is 5.97 Å². The van der Waals surface area contributed by atoms with E-state index in [4.69, 9.17) is 0 Å². The minimum Gasteiger partial charge on any atom is -0.298 e. The minimum absolute atomic E-state index is 0.246. The van der Waals surface area contributed by atoms with E-state index < -0.39 is 0 Å². The molecule has 0 spiro atoms. The molecule has 0 atom stereocenters. The summed E-state index contributed by atoms with van der Waals surface area (Å²) in [5.41, 5.74) is 0. The van der Waals surface area contributed by atoms with Gasteiger partial charge in [-0.1, -0.05) is 33.1 Å². The van der Waals surface area contributed by atoms with Crippen molar-refractivity contribution in [3.63, 3.8) is 0 Å². The van der Waals surface area contributed by atoms with E-state index in [0.717, 1.165) is 19.3 Å². The van der Waals surface area contributed by atoms with Crippen LogP contribution in [0.3, 0.4) is 0 Å². The number of carbonyl (C=O) groups excluding carboxylic acids is 1. The molecule has 13 heavy (non-hydrogen) atoms. The molecule has 0 bridgehead atoms. The molecule has 0 heterocycles. The first-order valence-corrected chi connectivity index (χ1v) is 5.13. The van der Waals surface area contributed by atoms with Gasteiger partial charge in [0.2, 0.25) is 0 Å². The van der Waals surface area contributed by atoms with Crippen LogP contribution < -0.4 is 0 Å². The zero-order valence-corrected chi connectivity index (χ0v) is 8.67. The molecule has 0 unspecified atom stereocenters. The van der Waals surface area contributed by atoms with E-state index in [1.165, 1.54) is 12.8 Å². The molecule has 0 amide bonds. The minimum atomic E-state index is -0.246. The summed E-state index contributed by atoms with van der Waals surface area (Å²) in [4.78, 5) is 20.1. The summed E-state index contributed by atoms with van der Waals surface area (Å²) in [6, 6.07) is 0. The van der Waals surface area contributed by atoms with Crippen molar-refractivity contribution in [3.8, 4) is 0 Å². The number of hydrogen-bond acceptors (Lipinski definition) is 3. The fraction of sp³-hybridized carbons (Fsp3) is 0.900. The van der Waals surface area contributed by atoms with E-state index in [9.17, 15) is 4.79 Å². The first-order chi connectivity index (χ1) is 6.31. The Kier molecular flexibility index (Phi) is 9.10. The van der Waals surface area contributed by atoms with Crippen LogP contribution in [0, 0.1) is 0 Å². The van der Waals surface area contributed by atoms with Crippen LogP contribution in [0.5, 0.6) is 0 Å². The van der Waals surface area contributed by atoms with Gasteiger partial charge in [-0.3, -0.25) is 4.89 Å². The van der Waals surface area contributed by atoms with E-state index in [1.807, 2.05) is 6.92 Å². The first-order valence-electron chi connectivity index (χ1n) is 5.13. The molecule has 0 radical (unpaired) electrons. The Balaban J connectivity index is 3.11. The summed E-state index contributed by atoms with van der Waals surface area (Å²) in [7, 11) is 0. The quantitative estimate of drug-likeness (QED) is 0.334. The van der Waals surface area contributed by atoms with Crippen molar-refractivity contribution in [1.82, 2.24) is 0 Å². The fourth-order valence-corrected chi connectivity index (χ4v) is 0.929. The molecule has 0 aromatic carbocycles. The van der Waals surface area contributed by atoms with Gasteiger partial charge in [0.25, 0.3) is 0 Å². The van der Waals surface area contributed by atoms with Crippen LogP contribution in [-0.2, 0) is 14.6 Å². The highest BCUT2D eigenvalue weighted by atomic mass is 17.2. The van der Waals surface area contributed by atoms with Crippen LogP contribution in [0.25, 0.3) is 0 Å². The number of carbonyl (C=O) groups is 1. The standard InChI is InChI=1S/C10H20O3/c1-3-5-6-7-8-10(11)13-12-9-4-2/h3-9H2,1-2H3. The van der Waals surface area contributed by atoms with Crippen LogP contribution in [0.4, 0.5) is 0 Å². The van der Waals surface area contributed by atoms with Crippen molar-refractivity contribution in [2.45, 2.75) is 52.4 Å². The Bertz CT molecular complexity index is 123. The van der Waals surface area contributed by atoms with Crippen molar-refractivity contribution in [3.05, 3.63) is 0 Å². The van der Waals surface area contributed by atoms with E-state index >= 15 is 0 Å². The maximum Gasteiger partial charge on any atom is 0.342 e. The summed E-state index contributed by atoms with van der Waals surface area (Å²) in [5.74, 6) is -0.246. The molecule has 3 heteroatoms. The van der Waals surface area contributed by atoms with Crippen LogP contribution in [0.2, 0.25) is 0 Å². The largest absolute Gasteiger partial charge is 0.342 e. The van der Waals surface area contributed by atoms with Crippen LogP contribution in [0.15, 0.2) is 0 Å². The Labute approximate surface area is 80.3 Å². The molecular weight excluding hydrogens is 168 g/mol. The Morgan fingerprint density at radius 2 is 1.85 bits per heavy atom. The summed E-state index contributed by atoms with van der Waals surface area (Å²) in [6.07, 6.45) is 5.71. The van der Waals surface area contributed by atoms with Crippen molar-refractivity contribution in [2.75, 3.05) is 6.61 Å². The van der Waals surface area contributed by atoms with Gasteiger partial charge < -0.3 is 0 Å². The molecule has 0 aromatic rings. The van der Waals surface area contributed by atoms with E-state index in [1.54, 1.807) is 0 Å². The zero-order chi connectivity index (χ0) is 9.94. The lowest BCUT2D eigenvalue weighted by Crippen LogP contribution is -2.05. The normalized spacial score (nSPS) is 10.0. The van der Waals surface area contributed by atoms with E-state index in [0.29, 0.717) is 13.0 Å². The third-order valence-corrected chi connectivity index (χ3v) is 1.67. The topological polar surface area (TPSA) is 35.5 Å². The first kappa shape index (κ1) is 12.4. The van der Waals surface area contributed by atoms with Crippen molar-refractivity contribution < 1.29 is 14.6 Å². The molecule has 0 N–H and O–H groups in total. The van der Waals surface area contributed by atoms with E-state index in [2.05, 4.69) is 16.7 Å². The van der Waals surface area contributed by atoms with Gasteiger partial charge in [0.05, 0.1) is 6.61 Å². The van der Waals surface area contributed by atoms with Gasteiger partial charge in [0.1, 0.15) is 0 Å². The van der Waals surface area contributed by atoms with Gasteiger partial charge >= 0.3 is 5.97 Å². The highest BCUT2D eigenvalue weighted by Crippen LogP contribution is 2.03. The summed E-state index contributed by atoms with van der Waals surface area (Å²) in [5, 5.41) is 0. The zero-order valence-electron chi connectivity index (χ0n) is 8.67. The second-order valence-corrected chi connectivity index (χ2v) is 3.09. The monoisotopic (exact) mass is 188 g/mol. The average molecular weight is 188 g/mol. The molecule has 0 fully saturated rings. The van der Waals surface area contributed by atoms with Gasteiger partial charge in [-0.15, -0.1) is 0 Å². The smallest absolute Gasteiger partial charge is 0.298 e. The number of unbranched alkanes of at least 4 members (excludes halogenated alkanes) is 3. The maximum atomic E-state index is 10.9. The van der Waals surface area contributed by atoms with Crippen LogP contribution >= 0.6 is 0 Å². The molecule has 0 saturated carbocycles. The van der Waals surface area contributed by atoms with Crippen molar-refractivity contribution in [2.24, 2.45) is 0 Å². The highest BCUT2D eigenvalue weighted by molar-refractivity contribution is 5.68. The highest BCUT2D eigenvalue weighted by Gasteiger charge is 2.02. The Hall–Kier alpha value is -0.570. The van der Waals surface area contributed by atoms with Gasteiger partial charge in [0.15, 0.2) is 0 Å². The molecule has 0 aliphatic rings. The molecule has 0 aliphatic heterocycles. The van der Waals surface area contributed by atoms with Gasteiger partial charge in [-0.2, -0.15) is 4.89 Å². The SMILES string of the molecule is CCCCCCC(=O)OOCCC. The third kappa shape index (κ3) is 9.34. The van der Waals surface area contributed by atoms with Crippen LogP contribution in [0.1, 0.15) is 52.4 Å². The maximum absolute atomic E-state index is 10.9. The number of rotatable bonds is 8. The predicted molar refractivity (Wildman–Crippen MR) is 51.1 cm³/mol. The predicted octanol–water partition coefficient (Wildman–Crippen LogP) is 2.84. The summed E-state index contributed by atoms with van der Waals surface area (Å²) in [6.45, 7) is 4.60. The molecule has 78 valence electrons. The molecule has 0 aromatic heterocycles. The average Bonchev–Trinajstić information content (AvgIpc) is 2.13. The second kappa shape index (κ2) is 9.52. The third-order valence-electron chi connectivity index (χ3n) is 1.67. The van der Waals surface area contributed by atoms with Gasteiger partial charge in [-0.05, 0) is 12.8 Å². The van der Waals surface area contributed by atoms with Crippen LogP contribution in [-0.4, -0.2) is 12.6 Å².